The number of aromatic nitrogens is 2. The summed E-state index contributed by atoms with van der Waals surface area (Å²) < 4.78 is 41.8. The molecule has 4 aromatic carbocycles. The maximum absolute atomic E-state index is 5.82. The molecule has 4 aromatic heterocycles. The Morgan fingerprint density at radius 1 is 0.469 bits per heavy atom. The number of ether oxygens (including phenoxy) is 6. The summed E-state index contributed by atoms with van der Waals surface area (Å²) in [6.45, 7) is 6.53. The summed E-state index contributed by atoms with van der Waals surface area (Å²) in [7, 11) is 9.87. The van der Waals surface area contributed by atoms with E-state index in [1.165, 1.54) is 35.5 Å². The van der Waals surface area contributed by atoms with Crippen molar-refractivity contribution in [2.24, 2.45) is 0 Å². The van der Waals surface area contributed by atoms with Crippen LogP contribution in [0.1, 0.15) is 15.3 Å². The van der Waals surface area contributed by atoms with E-state index >= 15 is 0 Å². The molecule has 0 aliphatic heterocycles. The van der Waals surface area contributed by atoms with Crippen LogP contribution in [0.2, 0.25) is 0 Å². The van der Waals surface area contributed by atoms with Crippen molar-refractivity contribution in [1.29, 1.82) is 0 Å². The van der Waals surface area contributed by atoms with Crippen molar-refractivity contribution in [1.82, 2.24) is 9.13 Å². The fourth-order valence-electron chi connectivity index (χ4n) is 7.39. The number of methoxy groups -OCH3 is 6. The Morgan fingerprint density at radius 3 is 1.41 bits per heavy atom. The zero-order valence-electron chi connectivity index (χ0n) is 28.9. The monoisotopic (exact) mass is 692 g/mol. The molecule has 0 saturated heterocycles. The van der Waals surface area contributed by atoms with Crippen LogP contribution in [0.4, 0.5) is 0 Å². The van der Waals surface area contributed by atoms with Gasteiger partial charge in [0.15, 0.2) is 23.0 Å². The molecular weight excluding hydrogens is 657 g/mol. The van der Waals surface area contributed by atoms with E-state index in [0.717, 1.165) is 44.2 Å². The lowest BCUT2D eigenvalue weighted by molar-refractivity contribution is 0.324. The van der Waals surface area contributed by atoms with Crippen LogP contribution in [0.3, 0.4) is 0 Å². The molecule has 250 valence electrons. The molecule has 0 amide bonds. The first kappa shape index (κ1) is 31.2. The van der Waals surface area contributed by atoms with E-state index in [4.69, 9.17) is 28.4 Å². The van der Waals surface area contributed by atoms with E-state index in [2.05, 4.69) is 60.2 Å². The summed E-state index contributed by atoms with van der Waals surface area (Å²) in [5, 5.41) is 4.71. The van der Waals surface area contributed by atoms with Crippen LogP contribution >= 0.6 is 22.7 Å². The van der Waals surface area contributed by atoms with Gasteiger partial charge in [-0.3, -0.25) is 0 Å². The second-order valence-corrected chi connectivity index (χ2v) is 14.6. The summed E-state index contributed by atoms with van der Waals surface area (Å²) >= 11 is 3.63. The molecule has 0 unspecified atom stereocenters. The van der Waals surface area contributed by atoms with E-state index < -0.39 is 0 Å². The van der Waals surface area contributed by atoms with E-state index in [1.54, 1.807) is 42.7 Å². The fourth-order valence-corrected chi connectivity index (χ4v) is 9.52. The highest BCUT2D eigenvalue weighted by molar-refractivity contribution is 7.20. The Balaban J connectivity index is 1.56. The van der Waals surface area contributed by atoms with Gasteiger partial charge in [0.1, 0.15) is 0 Å². The second kappa shape index (κ2) is 11.5. The molecule has 49 heavy (non-hydrogen) atoms. The van der Waals surface area contributed by atoms with E-state index in [0.29, 0.717) is 34.5 Å². The Labute approximate surface area is 291 Å². The van der Waals surface area contributed by atoms with Crippen molar-refractivity contribution in [3.05, 3.63) is 69.9 Å². The molecule has 0 bridgehead atoms. The number of benzene rings is 4. The number of nitrogens with zero attached hydrogens (tertiary/aromatic N) is 2. The largest absolute Gasteiger partial charge is 0.493 e. The molecule has 8 aromatic rings. The van der Waals surface area contributed by atoms with Gasteiger partial charge in [-0.15, -0.1) is 22.7 Å². The van der Waals surface area contributed by atoms with Gasteiger partial charge in [0, 0.05) is 55.6 Å². The molecule has 0 aliphatic rings. The minimum atomic E-state index is 0.559. The van der Waals surface area contributed by atoms with Crippen LogP contribution in [0.15, 0.2) is 54.6 Å². The second-order valence-electron chi connectivity index (χ2n) is 12.1. The minimum Gasteiger partial charge on any atom is -0.493 e. The zero-order valence-corrected chi connectivity index (χ0v) is 30.5. The molecule has 0 saturated carbocycles. The zero-order chi connectivity index (χ0) is 34.3. The third-order valence-electron chi connectivity index (χ3n) is 9.35. The summed E-state index contributed by atoms with van der Waals surface area (Å²) in [6, 6.07) is 19.5. The van der Waals surface area contributed by atoms with E-state index in [9.17, 15) is 0 Å². The molecule has 0 spiro atoms. The molecule has 0 atom stereocenters. The van der Waals surface area contributed by atoms with Crippen LogP contribution in [0.5, 0.6) is 34.5 Å². The average molecular weight is 693 g/mol. The van der Waals surface area contributed by atoms with Crippen LogP contribution < -0.4 is 28.4 Å². The molecule has 0 radical (unpaired) electrons. The van der Waals surface area contributed by atoms with Crippen LogP contribution in [-0.4, -0.2) is 51.8 Å². The molecule has 8 nitrogen and oxygen atoms in total. The lowest BCUT2D eigenvalue weighted by atomic mass is 10.0. The number of hydrogen-bond acceptors (Lipinski definition) is 8. The SMILES string of the molecule is COc1cc(-n2c3cc(C)sc3c3ccc4c(cc(C)c5c6sc(C)cc6n(-c6cc(OC)c(OC)c(OC)c6)c45)c32)cc(OC)c1OC. The van der Waals surface area contributed by atoms with Crippen molar-refractivity contribution in [2.45, 2.75) is 20.8 Å². The van der Waals surface area contributed by atoms with Gasteiger partial charge in [-0.25, -0.2) is 0 Å². The Bertz CT molecular complexity index is 2570. The van der Waals surface area contributed by atoms with Crippen molar-refractivity contribution < 1.29 is 28.4 Å². The van der Waals surface area contributed by atoms with E-state index in [1.807, 2.05) is 46.9 Å². The standard InChI is InChI=1S/C39H36N2O6S2/c1-19-12-26-24(35-33(19)39-28(14-21(3)49-39)41(35)23-17-31(44-6)37(47-9)32(18-23)45-7)10-11-25-34(26)40(27-13-20(2)48-38(25)27)22-15-29(42-4)36(46-8)30(16-22)43-5/h10-18H,1-9H3. The number of thiophene rings is 2. The van der Waals surface area contributed by atoms with Gasteiger partial charge >= 0.3 is 0 Å². The Morgan fingerprint density at radius 2 is 0.918 bits per heavy atom. The lowest BCUT2D eigenvalue weighted by Gasteiger charge is -2.18. The van der Waals surface area contributed by atoms with Gasteiger partial charge in [-0.05, 0) is 44.5 Å². The van der Waals surface area contributed by atoms with Crippen molar-refractivity contribution in [3.8, 4) is 45.9 Å². The number of rotatable bonds is 8. The highest BCUT2D eigenvalue weighted by atomic mass is 32.1. The number of aryl methyl sites for hydroxylation is 3. The average Bonchev–Trinajstić information content (AvgIpc) is 3.84. The lowest BCUT2D eigenvalue weighted by Crippen LogP contribution is -2.01. The fraction of sp³-hybridized carbons (Fsp3) is 0.231. The quantitative estimate of drug-likeness (QED) is 0.158. The third-order valence-corrected chi connectivity index (χ3v) is 11.5. The highest BCUT2D eigenvalue weighted by Gasteiger charge is 2.25. The summed E-state index contributed by atoms with van der Waals surface area (Å²) in [6.07, 6.45) is 0. The highest BCUT2D eigenvalue weighted by Crippen LogP contribution is 2.49. The predicted molar refractivity (Wildman–Crippen MR) is 202 cm³/mol. The van der Waals surface area contributed by atoms with Gasteiger partial charge < -0.3 is 37.6 Å². The topological polar surface area (TPSA) is 65.2 Å². The molecule has 0 N–H and O–H groups in total. The Kier molecular flexibility index (Phi) is 7.35. The third kappa shape index (κ3) is 4.40. The molecular formula is C39H36N2O6S2. The van der Waals surface area contributed by atoms with Gasteiger partial charge in [-0.1, -0.05) is 12.1 Å². The van der Waals surface area contributed by atoms with Crippen LogP contribution in [-0.2, 0) is 0 Å². The van der Waals surface area contributed by atoms with Crippen LogP contribution in [0.25, 0.3) is 64.4 Å². The smallest absolute Gasteiger partial charge is 0.203 e. The maximum Gasteiger partial charge on any atom is 0.203 e. The van der Waals surface area contributed by atoms with Crippen LogP contribution in [0, 0.1) is 20.8 Å². The van der Waals surface area contributed by atoms with E-state index in [-0.39, 0.29) is 0 Å². The van der Waals surface area contributed by atoms with Crippen molar-refractivity contribution in [3.63, 3.8) is 0 Å². The summed E-state index contributed by atoms with van der Waals surface area (Å²) in [5.41, 5.74) is 7.57. The maximum atomic E-state index is 5.82. The number of hydrogen-bond donors (Lipinski definition) is 0. The van der Waals surface area contributed by atoms with Crippen molar-refractivity contribution in [2.75, 3.05) is 42.7 Å². The first-order valence-electron chi connectivity index (χ1n) is 15.8. The molecule has 8 rings (SSSR count). The minimum absolute atomic E-state index is 0.559. The van der Waals surface area contributed by atoms with Crippen molar-refractivity contribution >= 4 is 75.7 Å². The molecule has 4 heterocycles. The Hall–Kier alpha value is -5.06. The number of fused-ring (bicyclic) bond motifs is 9. The molecule has 0 fully saturated rings. The van der Waals surface area contributed by atoms with Gasteiger partial charge in [0.05, 0.1) is 85.5 Å². The van der Waals surface area contributed by atoms with Gasteiger partial charge in [-0.2, -0.15) is 0 Å². The first-order chi connectivity index (χ1) is 23.8. The molecule has 0 aliphatic carbocycles. The summed E-state index contributed by atoms with van der Waals surface area (Å²) in [4.78, 5) is 2.49. The molecule has 10 heteroatoms. The van der Waals surface area contributed by atoms with Gasteiger partial charge in [0.25, 0.3) is 0 Å². The normalized spacial score (nSPS) is 11.8. The predicted octanol–water partition coefficient (Wildman–Crippen LogP) is 10.1. The van der Waals surface area contributed by atoms with Gasteiger partial charge in [0.2, 0.25) is 11.5 Å². The summed E-state index contributed by atoms with van der Waals surface area (Å²) in [5.74, 6) is 3.53. The first-order valence-corrected chi connectivity index (χ1v) is 17.4.